The topological polar surface area (TPSA) is 63.1 Å². The number of H-pyrrole nitrogens is 1. The molecule has 112 valence electrons. The number of carbonyl (C=O) groups excluding carboxylic acids is 1. The van der Waals surface area contributed by atoms with Gasteiger partial charge in [-0.05, 0) is 13.0 Å². The van der Waals surface area contributed by atoms with E-state index < -0.39 is 5.63 Å². The summed E-state index contributed by atoms with van der Waals surface area (Å²) >= 11 is 0. The maximum absolute atomic E-state index is 12.9. The van der Waals surface area contributed by atoms with Crippen LogP contribution in [0.5, 0.6) is 0 Å². The summed E-state index contributed by atoms with van der Waals surface area (Å²) in [4.78, 5) is 28.2. The normalized spacial score (nSPS) is 11.2. The van der Waals surface area contributed by atoms with Crippen LogP contribution >= 0.6 is 0 Å². The van der Waals surface area contributed by atoms with Crippen LogP contribution in [0.4, 0.5) is 0 Å². The van der Waals surface area contributed by atoms with Crippen LogP contribution in [0.1, 0.15) is 21.6 Å². The molecule has 0 amide bonds. The van der Waals surface area contributed by atoms with Gasteiger partial charge in [-0.2, -0.15) is 0 Å². The summed E-state index contributed by atoms with van der Waals surface area (Å²) in [7, 11) is 0. The van der Waals surface area contributed by atoms with E-state index in [-0.39, 0.29) is 5.78 Å². The summed E-state index contributed by atoms with van der Waals surface area (Å²) < 4.78 is 5.33. The second-order valence-corrected chi connectivity index (χ2v) is 5.46. The minimum absolute atomic E-state index is 0.106. The molecule has 2 aromatic heterocycles. The molecule has 4 nitrogen and oxygen atoms in total. The molecule has 0 aliphatic rings. The molecule has 0 saturated carbocycles. The number of para-hydroxylation sites is 1. The number of aromatic nitrogens is 1. The zero-order valence-electron chi connectivity index (χ0n) is 12.4. The van der Waals surface area contributed by atoms with Gasteiger partial charge in [-0.15, -0.1) is 0 Å². The maximum atomic E-state index is 12.9. The van der Waals surface area contributed by atoms with E-state index in [2.05, 4.69) is 4.98 Å². The molecule has 0 atom stereocenters. The van der Waals surface area contributed by atoms with Gasteiger partial charge in [0.25, 0.3) is 0 Å². The van der Waals surface area contributed by atoms with Gasteiger partial charge >= 0.3 is 5.63 Å². The van der Waals surface area contributed by atoms with Crippen LogP contribution in [0.3, 0.4) is 0 Å². The van der Waals surface area contributed by atoms with Crippen molar-refractivity contribution in [3.05, 3.63) is 81.8 Å². The van der Waals surface area contributed by atoms with Crippen molar-refractivity contribution in [2.45, 2.75) is 6.92 Å². The van der Waals surface area contributed by atoms with E-state index in [4.69, 9.17) is 4.42 Å². The highest BCUT2D eigenvalue weighted by molar-refractivity contribution is 6.22. The van der Waals surface area contributed by atoms with Crippen LogP contribution in [0.15, 0.2) is 63.8 Å². The van der Waals surface area contributed by atoms with Gasteiger partial charge in [0, 0.05) is 22.0 Å². The van der Waals surface area contributed by atoms with E-state index in [0.29, 0.717) is 33.3 Å². The highest BCUT2D eigenvalue weighted by Gasteiger charge is 2.22. The Morgan fingerprint density at radius 1 is 1.00 bits per heavy atom. The third-order valence-corrected chi connectivity index (χ3v) is 4.01. The Balaban J connectivity index is 2.13. The summed E-state index contributed by atoms with van der Waals surface area (Å²) in [6.45, 7) is 1.80. The fourth-order valence-corrected chi connectivity index (χ4v) is 2.98. The largest absolute Gasteiger partial charge is 0.421 e. The molecule has 0 radical (unpaired) electrons. The van der Waals surface area contributed by atoms with Gasteiger partial charge in [0.2, 0.25) is 0 Å². The lowest BCUT2D eigenvalue weighted by Gasteiger charge is -2.03. The summed E-state index contributed by atoms with van der Waals surface area (Å²) in [5.41, 5.74) is 2.13. The van der Waals surface area contributed by atoms with Crippen molar-refractivity contribution >= 4 is 27.7 Å². The van der Waals surface area contributed by atoms with Gasteiger partial charge in [0.05, 0.1) is 5.56 Å². The number of benzene rings is 2. The number of hydrogen-bond acceptors (Lipinski definition) is 3. The second-order valence-electron chi connectivity index (χ2n) is 5.46. The van der Waals surface area contributed by atoms with Gasteiger partial charge in [-0.3, -0.25) is 4.79 Å². The van der Waals surface area contributed by atoms with E-state index in [0.717, 1.165) is 5.39 Å². The summed E-state index contributed by atoms with van der Waals surface area (Å²) in [5.74, 6) is -0.106. The minimum Gasteiger partial charge on any atom is -0.421 e. The fourth-order valence-electron chi connectivity index (χ4n) is 2.98. The second kappa shape index (κ2) is 4.95. The molecule has 4 aromatic rings. The van der Waals surface area contributed by atoms with Crippen LogP contribution in [0.2, 0.25) is 0 Å². The third kappa shape index (κ3) is 1.99. The highest BCUT2D eigenvalue weighted by Crippen LogP contribution is 2.29. The number of carbonyl (C=O) groups is 1. The molecule has 4 rings (SSSR count). The van der Waals surface area contributed by atoms with Gasteiger partial charge in [0.1, 0.15) is 11.1 Å². The van der Waals surface area contributed by atoms with Crippen LogP contribution < -0.4 is 5.63 Å². The van der Waals surface area contributed by atoms with E-state index in [1.54, 1.807) is 31.2 Å². The number of ketones is 1. The molecule has 0 unspecified atom stereocenters. The predicted octanol–water partition coefficient (Wildman–Crippen LogP) is 3.81. The Morgan fingerprint density at radius 2 is 1.70 bits per heavy atom. The molecule has 0 fully saturated rings. The van der Waals surface area contributed by atoms with Crippen molar-refractivity contribution in [3.63, 3.8) is 0 Å². The average Bonchev–Trinajstić information content (AvgIpc) is 2.93. The van der Waals surface area contributed by atoms with Crippen molar-refractivity contribution in [1.82, 2.24) is 4.98 Å². The molecule has 0 aliphatic heterocycles. The zero-order chi connectivity index (χ0) is 16.0. The van der Waals surface area contributed by atoms with Crippen molar-refractivity contribution < 1.29 is 9.21 Å². The maximum Gasteiger partial charge on any atom is 0.360 e. The Hall–Kier alpha value is -3.14. The fraction of sp³-hybridized carbons (Fsp3) is 0.0526. The standard InChI is InChI=1S/C19H13NO3/c1-11-15(18(21)12-7-3-2-4-8-12)16-13-9-5-6-10-14(13)23-19(22)17(16)20-11/h2-10,20H,1H3. The summed E-state index contributed by atoms with van der Waals surface area (Å²) in [5, 5.41) is 1.38. The molecule has 0 aliphatic carbocycles. The van der Waals surface area contributed by atoms with Gasteiger partial charge < -0.3 is 9.40 Å². The molecule has 23 heavy (non-hydrogen) atoms. The van der Waals surface area contributed by atoms with Crippen molar-refractivity contribution in [2.75, 3.05) is 0 Å². The van der Waals surface area contributed by atoms with E-state index in [1.807, 2.05) is 30.3 Å². The first-order valence-electron chi connectivity index (χ1n) is 7.30. The van der Waals surface area contributed by atoms with Gasteiger partial charge in [0.15, 0.2) is 5.78 Å². The molecule has 0 spiro atoms. The van der Waals surface area contributed by atoms with E-state index in [9.17, 15) is 9.59 Å². The number of fused-ring (bicyclic) bond motifs is 3. The van der Waals surface area contributed by atoms with Crippen LogP contribution in [0.25, 0.3) is 21.9 Å². The lowest BCUT2D eigenvalue weighted by molar-refractivity contribution is 0.104. The quantitative estimate of drug-likeness (QED) is 0.452. The lowest BCUT2D eigenvalue weighted by Crippen LogP contribution is -2.03. The monoisotopic (exact) mass is 303 g/mol. The number of hydrogen-bond donors (Lipinski definition) is 1. The lowest BCUT2D eigenvalue weighted by atomic mass is 9.99. The molecular formula is C19H13NO3. The van der Waals surface area contributed by atoms with Crippen molar-refractivity contribution in [1.29, 1.82) is 0 Å². The molecule has 2 heterocycles. The minimum atomic E-state index is -0.464. The van der Waals surface area contributed by atoms with Crippen molar-refractivity contribution in [2.24, 2.45) is 0 Å². The highest BCUT2D eigenvalue weighted by atomic mass is 16.4. The molecular weight excluding hydrogens is 290 g/mol. The van der Waals surface area contributed by atoms with E-state index in [1.165, 1.54) is 0 Å². The number of nitrogens with one attached hydrogen (secondary N) is 1. The Bertz CT molecular complexity index is 1100. The molecule has 2 aromatic carbocycles. The van der Waals surface area contributed by atoms with Crippen LogP contribution in [-0.4, -0.2) is 10.8 Å². The predicted molar refractivity (Wildman–Crippen MR) is 89.0 cm³/mol. The number of rotatable bonds is 2. The van der Waals surface area contributed by atoms with Gasteiger partial charge in [-0.25, -0.2) is 4.79 Å². The summed E-state index contributed by atoms with van der Waals surface area (Å²) in [6.07, 6.45) is 0. The number of aryl methyl sites for hydroxylation is 1. The SMILES string of the molecule is Cc1[nH]c2c(=O)oc3ccccc3c2c1C(=O)c1ccccc1. The van der Waals surface area contributed by atoms with Crippen LogP contribution in [0, 0.1) is 6.92 Å². The Morgan fingerprint density at radius 3 is 2.48 bits per heavy atom. The van der Waals surface area contributed by atoms with Crippen LogP contribution in [-0.2, 0) is 0 Å². The zero-order valence-corrected chi connectivity index (χ0v) is 12.4. The molecule has 0 bridgehead atoms. The van der Waals surface area contributed by atoms with Gasteiger partial charge in [-0.1, -0.05) is 48.5 Å². The smallest absolute Gasteiger partial charge is 0.360 e. The molecule has 0 saturated heterocycles. The first kappa shape index (κ1) is 13.5. The Labute approximate surface area is 131 Å². The Kier molecular flexibility index (Phi) is 2.91. The molecule has 1 N–H and O–H groups in total. The van der Waals surface area contributed by atoms with Crippen molar-refractivity contribution in [3.8, 4) is 0 Å². The first-order chi connectivity index (χ1) is 11.2. The third-order valence-electron chi connectivity index (χ3n) is 4.01. The summed E-state index contributed by atoms with van der Waals surface area (Å²) in [6, 6.07) is 16.3. The van der Waals surface area contributed by atoms with E-state index >= 15 is 0 Å². The average molecular weight is 303 g/mol. The first-order valence-corrected chi connectivity index (χ1v) is 7.30. The number of aromatic amines is 1. The molecule has 4 heteroatoms.